The number of benzene rings is 1. The molecule has 0 radical (unpaired) electrons. The van der Waals surface area contributed by atoms with Crippen molar-refractivity contribution in [3.8, 4) is 0 Å². The van der Waals surface area contributed by atoms with Gasteiger partial charge < -0.3 is 19.3 Å². The van der Waals surface area contributed by atoms with Gasteiger partial charge in [-0.05, 0) is 11.1 Å². The summed E-state index contributed by atoms with van der Waals surface area (Å²) in [7, 11) is -1.64. The molecule has 1 aromatic carbocycles. The van der Waals surface area contributed by atoms with E-state index in [1.807, 2.05) is 0 Å². The van der Waals surface area contributed by atoms with E-state index in [2.05, 4.69) is 4.74 Å². The van der Waals surface area contributed by atoms with Gasteiger partial charge in [0.1, 0.15) is 5.57 Å². The van der Waals surface area contributed by atoms with Crippen molar-refractivity contribution >= 4 is 19.1 Å². The number of methoxy groups -OCH3 is 2. The zero-order valence-corrected chi connectivity index (χ0v) is 11.5. The van der Waals surface area contributed by atoms with Crippen molar-refractivity contribution < 1.29 is 28.6 Å². The van der Waals surface area contributed by atoms with Crippen LogP contribution in [0, 0.1) is 0 Å². The highest BCUT2D eigenvalue weighted by Gasteiger charge is 2.21. The Morgan fingerprint density at radius 2 is 1.95 bits per heavy atom. The second kappa shape index (κ2) is 6.52. The van der Waals surface area contributed by atoms with Gasteiger partial charge in [-0.3, -0.25) is 4.57 Å². The van der Waals surface area contributed by atoms with E-state index in [1.54, 1.807) is 24.3 Å². The summed E-state index contributed by atoms with van der Waals surface area (Å²) in [4.78, 5) is 29.8. The Morgan fingerprint density at radius 3 is 2.47 bits per heavy atom. The molecule has 1 aromatic rings. The maximum atomic E-state index is 11.7. The molecular formula is C12H15O6P. The lowest BCUT2D eigenvalue weighted by Gasteiger charge is -2.12. The highest BCUT2D eigenvalue weighted by Crippen LogP contribution is 2.40. The number of hydrogen-bond acceptors (Lipinski definition) is 4. The molecule has 0 aliphatic heterocycles. The normalized spacial score (nSPS) is 12.1. The fourth-order valence-corrected chi connectivity index (χ4v) is 2.31. The lowest BCUT2D eigenvalue weighted by atomic mass is 10.0. The van der Waals surface area contributed by atoms with Crippen LogP contribution in [0.1, 0.15) is 11.1 Å². The van der Waals surface area contributed by atoms with Crippen LogP contribution in [-0.4, -0.2) is 30.0 Å². The molecular weight excluding hydrogens is 271 g/mol. The third-order valence-electron chi connectivity index (χ3n) is 2.32. The van der Waals surface area contributed by atoms with Crippen molar-refractivity contribution in [1.82, 2.24) is 0 Å². The maximum absolute atomic E-state index is 11.7. The van der Waals surface area contributed by atoms with Crippen molar-refractivity contribution in [2.75, 3.05) is 14.2 Å². The molecule has 0 heterocycles. The third-order valence-corrected chi connectivity index (χ3v) is 3.08. The average molecular weight is 286 g/mol. The molecule has 0 spiro atoms. The number of carbonyl (C=O) groups is 1. The molecule has 0 aromatic heterocycles. The molecule has 19 heavy (non-hydrogen) atoms. The molecule has 0 bridgehead atoms. The molecule has 7 heteroatoms. The molecule has 1 rings (SSSR count). The van der Waals surface area contributed by atoms with E-state index < -0.39 is 19.7 Å². The standard InChI is InChI=1S/C12H15O6P/c1-17-7-11(12(13)18-2)10-6-4-3-5-9(10)8-19(14,15)16/h3-7H,8H2,1-2H3,(H2,14,15,16). The number of carbonyl (C=O) groups excluding carboxylic acids is 1. The van der Waals surface area contributed by atoms with E-state index in [9.17, 15) is 9.36 Å². The average Bonchev–Trinajstić information content (AvgIpc) is 2.34. The van der Waals surface area contributed by atoms with Crippen LogP contribution in [-0.2, 0) is 25.0 Å². The zero-order valence-electron chi connectivity index (χ0n) is 10.6. The first kappa shape index (κ1) is 15.4. The van der Waals surface area contributed by atoms with Crippen LogP contribution < -0.4 is 0 Å². The lowest BCUT2D eigenvalue weighted by Crippen LogP contribution is -2.07. The van der Waals surface area contributed by atoms with Crippen molar-refractivity contribution in [1.29, 1.82) is 0 Å². The summed E-state index contributed by atoms with van der Waals surface area (Å²) in [6, 6.07) is 6.41. The monoisotopic (exact) mass is 286 g/mol. The summed E-state index contributed by atoms with van der Waals surface area (Å²) in [6.07, 6.45) is 0.728. The highest BCUT2D eigenvalue weighted by molar-refractivity contribution is 7.50. The van der Waals surface area contributed by atoms with Crippen molar-refractivity contribution in [2.45, 2.75) is 6.16 Å². The first-order valence-corrected chi connectivity index (χ1v) is 7.13. The number of esters is 1. The van der Waals surface area contributed by atoms with Gasteiger partial charge in [0, 0.05) is 0 Å². The van der Waals surface area contributed by atoms with Crippen LogP contribution in [0.3, 0.4) is 0 Å². The third kappa shape index (κ3) is 4.52. The molecule has 0 saturated heterocycles. The van der Waals surface area contributed by atoms with Crippen LogP contribution in [0.4, 0.5) is 0 Å². The minimum absolute atomic E-state index is 0.106. The Morgan fingerprint density at radius 1 is 1.32 bits per heavy atom. The fourth-order valence-electron chi connectivity index (χ4n) is 1.59. The van der Waals surface area contributed by atoms with Crippen LogP contribution >= 0.6 is 7.60 Å². The molecule has 104 valence electrons. The van der Waals surface area contributed by atoms with E-state index in [0.717, 1.165) is 0 Å². The molecule has 0 amide bonds. The van der Waals surface area contributed by atoms with Gasteiger partial charge in [0.05, 0.1) is 26.6 Å². The predicted octanol–water partition coefficient (Wildman–Crippen LogP) is 1.52. The lowest BCUT2D eigenvalue weighted by molar-refractivity contribution is -0.133. The molecule has 0 saturated carbocycles. The van der Waals surface area contributed by atoms with Gasteiger partial charge in [-0.1, -0.05) is 24.3 Å². The van der Waals surface area contributed by atoms with E-state index >= 15 is 0 Å². The fraction of sp³-hybridized carbons (Fsp3) is 0.250. The summed E-state index contributed by atoms with van der Waals surface area (Å²) in [5.41, 5.74) is 0.832. The minimum Gasteiger partial charge on any atom is -0.503 e. The smallest absolute Gasteiger partial charge is 0.341 e. The molecule has 0 unspecified atom stereocenters. The first-order chi connectivity index (χ1) is 8.89. The second-order valence-electron chi connectivity index (χ2n) is 3.74. The first-order valence-electron chi connectivity index (χ1n) is 5.33. The number of rotatable bonds is 5. The summed E-state index contributed by atoms with van der Waals surface area (Å²) in [5.74, 6) is -0.639. The predicted molar refractivity (Wildman–Crippen MR) is 69.2 cm³/mol. The number of hydrogen-bond donors (Lipinski definition) is 2. The van der Waals surface area contributed by atoms with Gasteiger partial charge in [-0.25, -0.2) is 4.79 Å². The summed E-state index contributed by atoms with van der Waals surface area (Å²) in [5, 5.41) is 0. The van der Waals surface area contributed by atoms with Crippen LogP contribution in [0.5, 0.6) is 0 Å². The topological polar surface area (TPSA) is 93.1 Å². The highest BCUT2D eigenvalue weighted by atomic mass is 31.2. The summed E-state index contributed by atoms with van der Waals surface area (Å²) >= 11 is 0. The van der Waals surface area contributed by atoms with Gasteiger partial charge in [0.15, 0.2) is 0 Å². The summed E-state index contributed by atoms with van der Waals surface area (Å²) < 4.78 is 20.5. The van der Waals surface area contributed by atoms with Gasteiger partial charge >= 0.3 is 13.6 Å². The minimum atomic E-state index is -4.23. The van der Waals surface area contributed by atoms with E-state index in [0.29, 0.717) is 11.1 Å². The van der Waals surface area contributed by atoms with E-state index in [-0.39, 0.29) is 5.57 Å². The Balaban J connectivity index is 3.28. The van der Waals surface area contributed by atoms with Gasteiger partial charge in [0.2, 0.25) is 0 Å². The van der Waals surface area contributed by atoms with Crippen molar-refractivity contribution in [3.63, 3.8) is 0 Å². The summed E-state index contributed by atoms with van der Waals surface area (Å²) in [6.45, 7) is 0. The Bertz CT molecular complexity index is 531. The Kier molecular flexibility index (Phi) is 5.30. The molecule has 6 nitrogen and oxygen atoms in total. The number of ether oxygens (including phenoxy) is 2. The van der Waals surface area contributed by atoms with Gasteiger partial charge in [-0.2, -0.15) is 0 Å². The van der Waals surface area contributed by atoms with Crippen LogP contribution in [0.25, 0.3) is 5.57 Å². The zero-order chi connectivity index (χ0) is 14.5. The quantitative estimate of drug-likeness (QED) is 0.369. The van der Waals surface area contributed by atoms with Crippen LogP contribution in [0.15, 0.2) is 30.5 Å². The second-order valence-corrected chi connectivity index (χ2v) is 5.38. The molecule has 0 fully saturated rings. The molecule has 2 N–H and O–H groups in total. The van der Waals surface area contributed by atoms with Gasteiger partial charge in [0.25, 0.3) is 0 Å². The van der Waals surface area contributed by atoms with Crippen LogP contribution in [0.2, 0.25) is 0 Å². The Labute approximate surface area is 110 Å². The van der Waals surface area contributed by atoms with Crippen molar-refractivity contribution in [2.24, 2.45) is 0 Å². The Hall–Kier alpha value is -1.62. The van der Waals surface area contributed by atoms with E-state index in [4.69, 9.17) is 14.5 Å². The molecule has 0 aliphatic carbocycles. The molecule has 0 atom stereocenters. The SMILES string of the molecule is COC=C(C(=O)OC)c1ccccc1CP(=O)(O)O. The maximum Gasteiger partial charge on any atom is 0.341 e. The van der Waals surface area contributed by atoms with Crippen molar-refractivity contribution in [3.05, 3.63) is 41.7 Å². The largest absolute Gasteiger partial charge is 0.503 e. The molecule has 0 aliphatic rings. The van der Waals surface area contributed by atoms with Gasteiger partial charge in [-0.15, -0.1) is 0 Å². The van der Waals surface area contributed by atoms with E-state index in [1.165, 1.54) is 20.5 Å².